The molecule has 4 aromatic carbocycles. The van der Waals surface area contributed by atoms with Crippen LogP contribution in [0, 0.1) is 0 Å². The first-order chi connectivity index (χ1) is 26.5. The van der Waals surface area contributed by atoms with Crippen LogP contribution in [0.5, 0.6) is 11.6 Å². The Balaban J connectivity index is 1.34. The summed E-state index contributed by atoms with van der Waals surface area (Å²) >= 11 is 0. The summed E-state index contributed by atoms with van der Waals surface area (Å²) in [6.45, 7) is 19.1. The van der Waals surface area contributed by atoms with Crippen LogP contribution in [-0.2, 0) is 25.7 Å². The van der Waals surface area contributed by atoms with Gasteiger partial charge in [-0.15, -0.1) is 5.10 Å². The number of nitrogens with zero attached hydrogens (tertiary/aromatic N) is 2. The number of benzene rings is 4. The summed E-state index contributed by atoms with van der Waals surface area (Å²) < 4.78 is 40.1. The van der Waals surface area contributed by atoms with Crippen LogP contribution in [0.4, 0.5) is 11.5 Å². The van der Waals surface area contributed by atoms with Gasteiger partial charge in [0.2, 0.25) is 5.88 Å². The zero-order valence-corrected chi connectivity index (χ0v) is 34.7. The predicted molar refractivity (Wildman–Crippen MR) is 223 cm³/mol. The Morgan fingerprint density at radius 3 is 2.09 bits per heavy atom. The normalized spacial score (nSPS) is 12.6. The van der Waals surface area contributed by atoms with Crippen molar-refractivity contribution in [3.05, 3.63) is 125 Å². The molecule has 296 valence electrons. The van der Waals surface area contributed by atoms with Gasteiger partial charge in [-0.25, -0.2) is 0 Å². The first-order valence-corrected chi connectivity index (χ1v) is 20.6. The van der Waals surface area contributed by atoms with Crippen molar-refractivity contribution < 1.29 is 26.9 Å². The molecule has 1 atom stereocenters. The number of hydrogen-bond donors (Lipinski definition) is 2. The van der Waals surface area contributed by atoms with Crippen molar-refractivity contribution in [1.82, 2.24) is 9.78 Å². The van der Waals surface area contributed by atoms with Crippen LogP contribution in [0.2, 0.25) is 0 Å². The van der Waals surface area contributed by atoms with Crippen molar-refractivity contribution in [3.63, 3.8) is 0 Å². The number of rotatable bonds is 16. The molecule has 1 heterocycles. The lowest BCUT2D eigenvalue weighted by Gasteiger charge is -2.31. The van der Waals surface area contributed by atoms with Crippen molar-refractivity contribution in [1.29, 1.82) is 0 Å². The molecular formula is C45H54N4O6S. The van der Waals surface area contributed by atoms with Gasteiger partial charge in [0.15, 0.2) is 11.9 Å². The van der Waals surface area contributed by atoms with Gasteiger partial charge in [0, 0.05) is 22.9 Å². The van der Waals surface area contributed by atoms with Gasteiger partial charge >= 0.3 is 10.1 Å². The van der Waals surface area contributed by atoms with Gasteiger partial charge in [-0.3, -0.25) is 9.59 Å². The molecule has 0 aliphatic heterocycles. The standard InChI is InChI=1S/C45H54N4O6S/c1-10-38(54-39-26-23-33(44(6,7)11-2)28-37(39)45(8,9)12-3)43(51)46-34-18-16-17-32(27-34)42(50)47-40-29-41(49(48-40)35-19-14-13-15-20-35)55-56(52,53)36-24-21-31(22-25-36)30(4)5/h13-30,38H,10-12H2,1-9H3,(H,46,51)(H,47,48,50)/t38-/m0/s1. The number of amides is 2. The van der Waals surface area contributed by atoms with Crippen molar-refractivity contribution in [2.24, 2.45) is 0 Å². The predicted octanol–water partition coefficient (Wildman–Crippen LogP) is 10.2. The van der Waals surface area contributed by atoms with E-state index in [1.807, 2.05) is 32.9 Å². The number of para-hydroxylation sites is 1. The van der Waals surface area contributed by atoms with Crippen LogP contribution in [0.15, 0.2) is 108 Å². The molecule has 0 saturated heterocycles. The van der Waals surface area contributed by atoms with Gasteiger partial charge in [-0.1, -0.05) is 111 Å². The third-order valence-corrected chi connectivity index (χ3v) is 11.8. The van der Waals surface area contributed by atoms with Gasteiger partial charge in [-0.05, 0) is 95.7 Å². The van der Waals surface area contributed by atoms with E-state index in [0.29, 0.717) is 23.5 Å². The van der Waals surface area contributed by atoms with E-state index in [1.165, 1.54) is 28.4 Å². The van der Waals surface area contributed by atoms with Gasteiger partial charge in [0.25, 0.3) is 11.8 Å². The van der Waals surface area contributed by atoms with Gasteiger partial charge in [0.1, 0.15) is 10.6 Å². The van der Waals surface area contributed by atoms with Crippen LogP contribution in [-0.4, -0.2) is 36.1 Å². The maximum atomic E-state index is 13.6. The zero-order chi connectivity index (χ0) is 40.8. The molecule has 0 fully saturated rings. The van der Waals surface area contributed by atoms with Crippen LogP contribution >= 0.6 is 0 Å². The van der Waals surface area contributed by atoms with E-state index in [9.17, 15) is 18.0 Å². The molecule has 56 heavy (non-hydrogen) atoms. The Kier molecular flexibility index (Phi) is 12.8. The van der Waals surface area contributed by atoms with Crippen LogP contribution in [0.25, 0.3) is 5.69 Å². The summed E-state index contributed by atoms with van der Waals surface area (Å²) in [4.78, 5) is 27.2. The molecule has 0 spiro atoms. The topological polar surface area (TPSA) is 129 Å². The average Bonchev–Trinajstić information content (AvgIpc) is 3.57. The molecular weight excluding hydrogens is 725 g/mol. The van der Waals surface area contributed by atoms with Crippen molar-refractivity contribution in [3.8, 4) is 17.3 Å². The minimum absolute atomic E-state index is 0.00494. The summed E-state index contributed by atoms with van der Waals surface area (Å²) in [5.41, 5.74) is 4.28. The maximum absolute atomic E-state index is 13.6. The summed E-state index contributed by atoms with van der Waals surface area (Å²) in [7, 11) is -4.24. The summed E-state index contributed by atoms with van der Waals surface area (Å²) in [6, 6.07) is 29.5. The minimum atomic E-state index is -4.24. The second-order valence-corrected chi connectivity index (χ2v) is 17.1. The molecule has 0 radical (unpaired) electrons. The molecule has 2 amide bonds. The molecule has 0 aliphatic rings. The SMILES string of the molecule is CC[C@H](Oc1ccc(C(C)(C)CC)cc1C(C)(C)CC)C(=O)Nc1cccc(C(=O)Nc2cc(OS(=O)(=O)c3ccc(C(C)C)cc3)n(-c3ccccc3)n2)c1. The van der Waals surface area contributed by atoms with Crippen LogP contribution < -0.4 is 19.6 Å². The van der Waals surface area contributed by atoms with Crippen molar-refractivity contribution >= 4 is 33.4 Å². The van der Waals surface area contributed by atoms with E-state index in [2.05, 4.69) is 69.4 Å². The molecule has 5 aromatic rings. The quantitative estimate of drug-likeness (QED) is 0.0955. The number of carbonyl (C=O) groups is 2. The highest BCUT2D eigenvalue weighted by atomic mass is 32.2. The molecule has 0 unspecified atom stereocenters. The van der Waals surface area contributed by atoms with Crippen molar-refractivity contribution in [2.75, 3.05) is 10.6 Å². The van der Waals surface area contributed by atoms with Gasteiger partial charge in [0.05, 0.1) is 5.69 Å². The third kappa shape index (κ3) is 9.68. The average molecular weight is 779 g/mol. The fourth-order valence-electron chi connectivity index (χ4n) is 6.02. The molecule has 10 nitrogen and oxygen atoms in total. The lowest BCUT2D eigenvalue weighted by Crippen LogP contribution is -2.33. The highest BCUT2D eigenvalue weighted by molar-refractivity contribution is 7.87. The Morgan fingerprint density at radius 2 is 1.46 bits per heavy atom. The first kappa shape index (κ1) is 41.7. The van der Waals surface area contributed by atoms with Gasteiger partial charge < -0.3 is 19.6 Å². The number of ether oxygens (including phenoxy) is 1. The van der Waals surface area contributed by atoms with Crippen LogP contribution in [0.1, 0.15) is 115 Å². The number of nitrogens with one attached hydrogen (secondary N) is 2. The summed E-state index contributed by atoms with van der Waals surface area (Å²) in [6.07, 6.45) is 1.52. The first-order valence-electron chi connectivity index (χ1n) is 19.2. The van der Waals surface area contributed by atoms with E-state index in [0.717, 1.165) is 24.0 Å². The van der Waals surface area contributed by atoms with Crippen LogP contribution in [0.3, 0.4) is 0 Å². The number of aromatic nitrogens is 2. The molecule has 0 saturated carbocycles. The van der Waals surface area contributed by atoms with E-state index < -0.39 is 22.1 Å². The summed E-state index contributed by atoms with van der Waals surface area (Å²) in [5.74, 6) is -0.00426. The fourth-order valence-corrected chi connectivity index (χ4v) is 6.93. The maximum Gasteiger partial charge on any atom is 0.340 e. The fraction of sp³-hybridized carbons (Fsp3) is 0.356. The lowest BCUT2D eigenvalue weighted by atomic mass is 9.76. The van der Waals surface area contributed by atoms with E-state index in [1.54, 1.807) is 60.7 Å². The monoisotopic (exact) mass is 778 g/mol. The third-order valence-electron chi connectivity index (χ3n) is 10.5. The minimum Gasteiger partial charge on any atom is -0.480 e. The van der Waals surface area contributed by atoms with E-state index in [4.69, 9.17) is 8.92 Å². The second-order valence-electron chi connectivity index (χ2n) is 15.6. The number of anilines is 2. The number of hydrogen-bond acceptors (Lipinski definition) is 7. The second kappa shape index (κ2) is 17.2. The zero-order valence-electron chi connectivity index (χ0n) is 33.8. The Hall–Kier alpha value is -5.42. The largest absolute Gasteiger partial charge is 0.480 e. The Labute approximate surface area is 331 Å². The highest BCUT2D eigenvalue weighted by Gasteiger charge is 2.29. The molecule has 11 heteroatoms. The molecule has 2 N–H and O–H groups in total. The lowest BCUT2D eigenvalue weighted by molar-refractivity contribution is -0.122. The highest BCUT2D eigenvalue weighted by Crippen LogP contribution is 2.39. The summed E-state index contributed by atoms with van der Waals surface area (Å²) in [5, 5.41) is 10.1. The van der Waals surface area contributed by atoms with E-state index >= 15 is 0 Å². The molecule has 0 bridgehead atoms. The Bertz CT molecular complexity index is 2260. The number of carbonyl (C=O) groups excluding carboxylic acids is 2. The molecule has 1 aromatic heterocycles. The van der Waals surface area contributed by atoms with E-state index in [-0.39, 0.29) is 44.8 Å². The van der Waals surface area contributed by atoms with Crippen molar-refractivity contribution in [2.45, 2.75) is 109 Å². The molecule has 5 rings (SSSR count). The smallest absolute Gasteiger partial charge is 0.340 e. The Morgan fingerprint density at radius 1 is 0.786 bits per heavy atom. The van der Waals surface area contributed by atoms with Gasteiger partial charge in [-0.2, -0.15) is 13.1 Å². The molecule has 0 aliphatic carbocycles.